The van der Waals surface area contributed by atoms with Crippen molar-refractivity contribution < 1.29 is 0 Å². The van der Waals surface area contributed by atoms with Crippen LogP contribution in [0.1, 0.15) is 5.69 Å². The monoisotopic (exact) mass is 162 g/mol. The smallest absolute Gasteiger partial charge is 0.102 e. The Morgan fingerprint density at radius 3 is 3.36 bits per heavy atom. The van der Waals surface area contributed by atoms with Crippen LogP contribution in [0.5, 0.6) is 0 Å². The molecule has 2 nitrogen and oxygen atoms in total. The fourth-order valence-electron chi connectivity index (χ4n) is 1.13. The van der Waals surface area contributed by atoms with E-state index in [2.05, 4.69) is 11.1 Å². The second kappa shape index (κ2) is 2.55. The molecule has 0 saturated heterocycles. The molecule has 3 heteroatoms. The van der Waals surface area contributed by atoms with Gasteiger partial charge in [-0.25, -0.2) is 0 Å². The molecule has 0 spiro atoms. The fourth-order valence-corrected chi connectivity index (χ4v) is 2.16. The minimum absolute atomic E-state index is 0.0832. The molecule has 1 aromatic heterocycles. The largest absolute Gasteiger partial charge is 0.260 e. The molecular formula is C8H6N2S. The number of nitrogens with zero attached hydrogens (tertiary/aromatic N) is 2. The Bertz CT molecular complexity index is 291. The van der Waals surface area contributed by atoms with Crippen LogP contribution in [0.2, 0.25) is 0 Å². The number of pyridine rings is 1. The van der Waals surface area contributed by atoms with E-state index in [1.165, 1.54) is 4.90 Å². The molecule has 1 aliphatic rings. The highest BCUT2D eigenvalue weighted by atomic mass is 32.2. The molecule has 0 aliphatic carbocycles. The maximum atomic E-state index is 8.64. The highest BCUT2D eigenvalue weighted by Gasteiger charge is 2.21. The molecular weight excluding hydrogens is 156 g/mol. The summed E-state index contributed by atoms with van der Waals surface area (Å²) in [6.45, 7) is 0. The van der Waals surface area contributed by atoms with E-state index < -0.39 is 0 Å². The maximum absolute atomic E-state index is 8.64. The van der Waals surface area contributed by atoms with Crippen molar-refractivity contribution in [1.29, 1.82) is 5.26 Å². The Kier molecular flexibility index (Phi) is 1.55. The van der Waals surface area contributed by atoms with E-state index in [0.717, 1.165) is 12.1 Å². The molecule has 0 fully saturated rings. The van der Waals surface area contributed by atoms with Gasteiger partial charge >= 0.3 is 0 Å². The SMILES string of the molecule is N#CC1Cc2ncccc2S1. The van der Waals surface area contributed by atoms with Crippen molar-refractivity contribution in [3.63, 3.8) is 0 Å². The van der Waals surface area contributed by atoms with E-state index in [0.29, 0.717) is 0 Å². The van der Waals surface area contributed by atoms with Gasteiger partial charge in [0.1, 0.15) is 5.25 Å². The van der Waals surface area contributed by atoms with Crippen LogP contribution in [0, 0.1) is 11.3 Å². The number of hydrogen-bond donors (Lipinski definition) is 0. The van der Waals surface area contributed by atoms with Gasteiger partial charge < -0.3 is 0 Å². The van der Waals surface area contributed by atoms with Crippen LogP contribution in [-0.4, -0.2) is 10.2 Å². The normalized spacial score (nSPS) is 20.8. The second-order valence-electron chi connectivity index (χ2n) is 2.39. The maximum Gasteiger partial charge on any atom is 0.102 e. The summed E-state index contributed by atoms with van der Waals surface area (Å²) in [6.07, 6.45) is 2.58. The van der Waals surface area contributed by atoms with Crippen molar-refractivity contribution in [3.8, 4) is 6.07 Å². The number of rotatable bonds is 0. The zero-order chi connectivity index (χ0) is 7.68. The van der Waals surface area contributed by atoms with Gasteiger partial charge in [0, 0.05) is 17.5 Å². The average Bonchev–Trinajstić information content (AvgIpc) is 2.46. The molecule has 1 aliphatic heterocycles. The summed E-state index contributed by atoms with van der Waals surface area (Å²) in [6, 6.07) is 6.16. The highest BCUT2D eigenvalue weighted by Crippen LogP contribution is 2.34. The molecule has 0 aromatic carbocycles. The third-order valence-corrected chi connectivity index (χ3v) is 2.82. The van der Waals surface area contributed by atoms with Crippen LogP contribution in [0.3, 0.4) is 0 Å². The van der Waals surface area contributed by atoms with Crippen LogP contribution in [0.25, 0.3) is 0 Å². The van der Waals surface area contributed by atoms with Crippen molar-refractivity contribution in [2.24, 2.45) is 0 Å². The van der Waals surface area contributed by atoms with Gasteiger partial charge in [-0.05, 0) is 12.1 Å². The van der Waals surface area contributed by atoms with Gasteiger partial charge in [-0.3, -0.25) is 4.98 Å². The van der Waals surface area contributed by atoms with Crippen LogP contribution in [0.4, 0.5) is 0 Å². The third kappa shape index (κ3) is 1.10. The first-order chi connectivity index (χ1) is 5.40. The van der Waals surface area contributed by atoms with E-state index in [-0.39, 0.29) is 5.25 Å². The van der Waals surface area contributed by atoms with Gasteiger partial charge in [0.15, 0.2) is 0 Å². The Balaban J connectivity index is 2.35. The van der Waals surface area contributed by atoms with E-state index in [9.17, 15) is 0 Å². The van der Waals surface area contributed by atoms with Crippen molar-refractivity contribution in [2.45, 2.75) is 16.6 Å². The lowest BCUT2D eigenvalue weighted by molar-refractivity contribution is 0.966. The molecule has 54 valence electrons. The Labute approximate surface area is 69.3 Å². The van der Waals surface area contributed by atoms with Gasteiger partial charge in [-0.2, -0.15) is 5.26 Å². The number of nitriles is 1. The highest BCUT2D eigenvalue weighted by molar-refractivity contribution is 8.00. The first-order valence-electron chi connectivity index (χ1n) is 3.40. The van der Waals surface area contributed by atoms with Crippen molar-refractivity contribution in [2.75, 3.05) is 0 Å². The van der Waals surface area contributed by atoms with Gasteiger partial charge in [0.05, 0.1) is 11.8 Å². The van der Waals surface area contributed by atoms with E-state index in [1.807, 2.05) is 12.1 Å². The summed E-state index contributed by atoms with van der Waals surface area (Å²) < 4.78 is 0. The Morgan fingerprint density at radius 1 is 1.73 bits per heavy atom. The summed E-state index contributed by atoms with van der Waals surface area (Å²) in [5.41, 5.74) is 1.07. The average molecular weight is 162 g/mol. The summed E-state index contributed by atoms with van der Waals surface area (Å²) in [4.78, 5) is 5.35. The summed E-state index contributed by atoms with van der Waals surface area (Å²) in [7, 11) is 0. The van der Waals surface area contributed by atoms with Crippen molar-refractivity contribution >= 4 is 11.8 Å². The number of hydrogen-bond acceptors (Lipinski definition) is 3. The first-order valence-corrected chi connectivity index (χ1v) is 4.28. The molecule has 0 radical (unpaired) electrons. The molecule has 1 atom stereocenters. The molecule has 0 bridgehead atoms. The zero-order valence-corrected chi connectivity index (χ0v) is 6.64. The second-order valence-corrected chi connectivity index (χ2v) is 3.63. The predicted molar refractivity (Wildman–Crippen MR) is 43.2 cm³/mol. The summed E-state index contributed by atoms with van der Waals surface area (Å²) in [5.74, 6) is 0. The molecule has 0 N–H and O–H groups in total. The van der Waals surface area contributed by atoms with Crippen molar-refractivity contribution in [1.82, 2.24) is 4.98 Å². The van der Waals surface area contributed by atoms with E-state index >= 15 is 0 Å². The topological polar surface area (TPSA) is 36.7 Å². The lowest BCUT2D eigenvalue weighted by Crippen LogP contribution is -1.95. The Morgan fingerprint density at radius 2 is 2.64 bits per heavy atom. The predicted octanol–water partition coefficient (Wildman–Crippen LogP) is 1.62. The van der Waals surface area contributed by atoms with Crippen LogP contribution >= 0.6 is 11.8 Å². The van der Waals surface area contributed by atoms with Crippen LogP contribution < -0.4 is 0 Å². The standard InChI is InChI=1S/C8H6N2S/c9-5-6-4-7-8(11-6)2-1-3-10-7/h1-3,6H,4H2. The minimum Gasteiger partial charge on any atom is -0.260 e. The molecule has 2 rings (SSSR count). The van der Waals surface area contributed by atoms with Crippen LogP contribution in [-0.2, 0) is 6.42 Å². The van der Waals surface area contributed by atoms with Gasteiger partial charge in [0.25, 0.3) is 0 Å². The number of fused-ring (bicyclic) bond motifs is 1. The Hall–Kier alpha value is -1.01. The van der Waals surface area contributed by atoms with Gasteiger partial charge in [-0.15, -0.1) is 11.8 Å². The first kappa shape index (κ1) is 6.68. The summed E-state index contributed by atoms with van der Waals surface area (Å²) >= 11 is 1.61. The molecule has 2 heterocycles. The van der Waals surface area contributed by atoms with E-state index in [4.69, 9.17) is 5.26 Å². The molecule has 0 saturated carbocycles. The number of thioether (sulfide) groups is 1. The molecule has 0 amide bonds. The minimum atomic E-state index is 0.0832. The molecule has 1 unspecified atom stereocenters. The lowest BCUT2D eigenvalue weighted by Gasteiger charge is -1.91. The summed E-state index contributed by atoms with van der Waals surface area (Å²) in [5, 5.41) is 8.72. The fraction of sp³-hybridized carbons (Fsp3) is 0.250. The third-order valence-electron chi connectivity index (χ3n) is 1.64. The lowest BCUT2D eigenvalue weighted by atomic mass is 10.2. The molecule has 11 heavy (non-hydrogen) atoms. The van der Waals surface area contributed by atoms with Crippen molar-refractivity contribution in [3.05, 3.63) is 24.0 Å². The van der Waals surface area contributed by atoms with Crippen LogP contribution in [0.15, 0.2) is 23.2 Å². The number of aromatic nitrogens is 1. The zero-order valence-electron chi connectivity index (χ0n) is 5.82. The molecule has 1 aromatic rings. The van der Waals surface area contributed by atoms with E-state index in [1.54, 1.807) is 18.0 Å². The van der Waals surface area contributed by atoms with Gasteiger partial charge in [-0.1, -0.05) is 0 Å². The van der Waals surface area contributed by atoms with Gasteiger partial charge in [0.2, 0.25) is 0 Å². The quantitative estimate of drug-likeness (QED) is 0.581.